The van der Waals surface area contributed by atoms with E-state index in [2.05, 4.69) is 16.9 Å². The van der Waals surface area contributed by atoms with E-state index in [4.69, 9.17) is 4.74 Å². The third-order valence-electron chi connectivity index (χ3n) is 5.88. The summed E-state index contributed by atoms with van der Waals surface area (Å²) in [6.07, 6.45) is 11.9. The molecule has 5 nitrogen and oxygen atoms in total. The fraction of sp³-hybridized carbons (Fsp3) is 0.560. The molecule has 5 unspecified atom stereocenters. The van der Waals surface area contributed by atoms with Crippen molar-refractivity contribution < 1.29 is 24.5 Å². The number of aryl methyl sites for hydroxylation is 1. The number of ether oxygens (including phenoxy) is 2. The fourth-order valence-corrected chi connectivity index (χ4v) is 4.04. The second-order valence-corrected chi connectivity index (χ2v) is 7.97. The molecular weight excluding hydrogens is 380 g/mol. The summed E-state index contributed by atoms with van der Waals surface area (Å²) in [4.78, 5) is 11.1. The number of benzene rings is 1. The van der Waals surface area contributed by atoms with Gasteiger partial charge in [0.15, 0.2) is 0 Å². The van der Waals surface area contributed by atoms with E-state index < -0.39 is 12.2 Å². The van der Waals surface area contributed by atoms with Gasteiger partial charge in [-0.1, -0.05) is 54.6 Å². The summed E-state index contributed by atoms with van der Waals surface area (Å²) >= 11 is 0. The van der Waals surface area contributed by atoms with Crippen LogP contribution in [-0.4, -0.2) is 48.7 Å². The minimum Gasteiger partial charge on any atom is -0.469 e. The molecule has 5 atom stereocenters. The quantitative estimate of drug-likeness (QED) is 0.308. The predicted molar refractivity (Wildman–Crippen MR) is 118 cm³/mol. The number of hydrogen-bond donors (Lipinski definition) is 2. The molecular formula is C25H36O5. The Bertz CT molecular complexity index is 669. The van der Waals surface area contributed by atoms with Gasteiger partial charge in [0, 0.05) is 25.9 Å². The Morgan fingerprint density at radius 3 is 2.63 bits per heavy atom. The van der Waals surface area contributed by atoms with Gasteiger partial charge in [-0.25, -0.2) is 0 Å². The molecule has 30 heavy (non-hydrogen) atoms. The van der Waals surface area contributed by atoms with Crippen molar-refractivity contribution in [1.29, 1.82) is 0 Å². The highest BCUT2D eigenvalue weighted by molar-refractivity contribution is 5.69. The molecule has 0 heterocycles. The molecule has 2 N–H and O–H groups in total. The van der Waals surface area contributed by atoms with Crippen LogP contribution in [0.1, 0.15) is 44.1 Å². The SMILES string of the molecule is COC(=O)CCCC=CCC1C(O)CC(O)C1C=CC(CCc1ccccc1)OC. The van der Waals surface area contributed by atoms with E-state index in [0.717, 1.165) is 25.7 Å². The van der Waals surface area contributed by atoms with Crippen molar-refractivity contribution in [3.05, 3.63) is 60.2 Å². The Labute approximate surface area is 180 Å². The van der Waals surface area contributed by atoms with Crippen LogP contribution in [0.5, 0.6) is 0 Å². The van der Waals surface area contributed by atoms with Gasteiger partial charge in [0.1, 0.15) is 0 Å². The van der Waals surface area contributed by atoms with E-state index >= 15 is 0 Å². The van der Waals surface area contributed by atoms with E-state index in [1.165, 1.54) is 12.7 Å². The summed E-state index contributed by atoms with van der Waals surface area (Å²) in [6, 6.07) is 10.3. The zero-order valence-electron chi connectivity index (χ0n) is 18.2. The van der Waals surface area contributed by atoms with Crippen LogP contribution >= 0.6 is 0 Å². The van der Waals surface area contributed by atoms with Gasteiger partial charge in [-0.3, -0.25) is 4.79 Å². The lowest BCUT2D eigenvalue weighted by Crippen LogP contribution is -2.20. The van der Waals surface area contributed by atoms with Gasteiger partial charge in [0.25, 0.3) is 0 Å². The second-order valence-electron chi connectivity index (χ2n) is 7.97. The topological polar surface area (TPSA) is 76.0 Å². The molecule has 0 saturated heterocycles. The normalized spacial score (nSPS) is 25.2. The molecule has 0 aromatic heterocycles. The van der Waals surface area contributed by atoms with Gasteiger partial charge in [0.2, 0.25) is 0 Å². The van der Waals surface area contributed by atoms with Gasteiger partial charge in [-0.15, -0.1) is 0 Å². The molecule has 0 spiro atoms. The molecule has 1 aromatic carbocycles. The van der Waals surface area contributed by atoms with Crippen molar-refractivity contribution in [2.45, 2.75) is 63.3 Å². The number of rotatable bonds is 12. The van der Waals surface area contributed by atoms with Gasteiger partial charge in [-0.05, 0) is 43.6 Å². The lowest BCUT2D eigenvalue weighted by atomic mass is 9.89. The summed E-state index contributed by atoms with van der Waals surface area (Å²) in [5.74, 6) is -0.295. The van der Waals surface area contributed by atoms with Crippen LogP contribution in [-0.2, 0) is 20.7 Å². The first-order valence-corrected chi connectivity index (χ1v) is 10.9. The third kappa shape index (κ3) is 8.05. The average Bonchev–Trinajstić information content (AvgIpc) is 3.03. The summed E-state index contributed by atoms with van der Waals surface area (Å²) in [6.45, 7) is 0. The summed E-state index contributed by atoms with van der Waals surface area (Å²) in [5, 5.41) is 20.8. The van der Waals surface area contributed by atoms with Crippen LogP contribution in [0.25, 0.3) is 0 Å². The average molecular weight is 417 g/mol. The number of methoxy groups -OCH3 is 2. The Morgan fingerprint density at radius 1 is 1.17 bits per heavy atom. The van der Waals surface area contributed by atoms with Crippen molar-refractivity contribution in [1.82, 2.24) is 0 Å². The molecule has 1 saturated carbocycles. The van der Waals surface area contributed by atoms with Gasteiger partial charge in [-0.2, -0.15) is 0 Å². The van der Waals surface area contributed by atoms with Crippen LogP contribution in [0.2, 0.25) is 0 Å². The number of allylic oxidation sites excluding steroid dienone is 2. The Balaban J connectivity index is 1.85. The molecule has 0 aliphatic heterocycles. The van der Waals surface area contributed by atoms with Crippen LogP contribution in [0, 0.1) is 11.8 Å². The highest BCUT2D eigenvalue weighted by Crippen LogP contribution is 2.36. The van der Waals surface area contributed by atoms with E-state index in [1.54, 1.807) is 7.11 Å². The molecule has 1 aliphatic rings. The minimum atomic E-state index is -0.541. The second kappa shape index (κ2) is 13.4. The molecule has 0 bridgehead atoms. The molecule has 2 rings (SSSR count). The van der Waals surface area contributed by atoms with E-state index in [9.17, 15) is 15.0 Å². The fourth-order valence-electron chi connectivity index (χ4n) is 4.04. The monoisotopic (exact) mass is 416 g/mol. The Kier molecular flexibility index (Phi) is 10.8. The maximum Gasteiger partial charge on any atom is 0.305 e. The molecule has 5 heteroatoms. The van der Waals surface area contributed by atoms with E-state index in [1.807, 2.05) is 42.5 Å². The first-order valence-electron chi connectivity index (χ1n) is 10.9. The van der Waals surface area contributed by atoms with Crippen molar-refractivity contribution >= 4 is 5.97 Å². The van der Waals surface area contributed by atoms with Gasteiger partial charge < -0.3 is 19.7 Å². The zero-order chi connectivity index (χ0) is 21.8. The first kappa shape index (κ1) is 24.3. The number of carbonyl (C=O) groups is 1. The Morgan fingerprint density at radius 2 is 1.93 bits per heavy atom. The molecule has 0 amide bonds. The number of carbonyl (C=O) groups excluding carboxylic acids is 1. The maximum absolute atomic E-state index is 11.1. The number of unbranched alkanes of at least 4 members (excludes halogenated alkanes) is 1. The van der Waals surface area contributed by atoms with Crippen LogP contribution in [0.3, 0.4) is 0 Å². The number of hydrogen-bond acceptors (Lipinski definition) is 5. The van der Waals surface area contributed by atoms with Crippen molar-refractivity contribution in [3.8, 4) is 0 Å². The lowest BCUT2D eigenvalue weighted by Gasteiger charge is -2.20. The minimum absolute atomic E-state index is 0.0141. The lowest BCUT2D eigenvalue weighted by molar-refractivity contribution is -0.140. The zero-order valence-corrected chi connectivity index (χ0v) is 18.2. The van der Waals surface area contributed by atoms with E-state index in [0.29, 0.717) is 19.3 Å². The first-order chi connectivity index (χ1) is 14.5. The smallest absolute Gasteiger partial charge is 0.305 e. The predicted octanol–water partition coefficient (Wildman–Crippen LogP) is 3.84. The van der Waals surface area contributed by atoms with E-state index in [-0.39, 0.29) is 23.9 Å². The number of esters is 1. The largest absolute Gasteiger partial charge is 0.469 e. The van der Waals surface area contributed by atoms with Crippen molar-refractivity contribution in [3.63, 3.8) is 0 Å². The highest BCUT2D eigenvalue weighted by Gasteiger charge is 2.39. The number of aliphatic hydroxyl groups excluding tert-OH is 2. The van der Waals surface area contributed by atoms with Crippen molar-refractivity contribution in [2.24, 2.45) is 11.8 Å². The summed E-state index contributed by atoms with van der Waals surface area (Å²) < 4.78 is 10.2. The standard InChI is InChI=1S/C25H36O5/c1-29-20(15-14-19-10-6-5-7-11-19)16-17-22-21(23(26)18-24(22)27)12-8-3-4-9-13-25(28)30-2/h3,5-8,10-11,16-17,20-24,26-27H,4,9,12-15,18H2,1-2H3. The van der Waals surface area contributed by atoms with Crippen LogP contribution in [0.15, 0.2) is 54.6 Å². The maximum atomic E-state index is 11.1. The summed E-state index contributed by atoms with van der Waals surface area (Å²) in [5.41, 5.74) is 1.28. The third-order valence-corrected chi connectivity index (χ3v) is 5.88. The molecule has 166 valence electrons. The number of aliphatic hydroxyl groups is 2. The molecule has 1 aromatic rings. The Hall–Kier alpha value is -1.95. The summed E-state index contributed by atoms with van der Waals surface area (Å²) in [7, 11) is 3.10. The molecule has 0 radical (unpaired) electrons. The van der Waals surface area contributed by atoms with Crippen LogP contribution in [0.4, 0.5) is 0 Å². The highest BCUT2D eigenvalue weighted by atomic mass is 16.5. The van der Waals surface area contributed by atoms with Gasteiger partial charge in [0.05, 0.1) is 25.4 Å². The van der Waals surface area contributed by atoms with Crippen molar-refractivity contribution in [2.75, 3.05) is 14.2 Å². The van der Waals surface area contributed by atoms with Gasteiger partial charge >= 0.3 is 5.97 Å². The molecule has 1 fully saturated rings. The van der Waals surface area contributed by atoms with Crippen LogP contribution < -0.4 is 0 Å². The molecule has 1 aliphatic carbocycles.